The number of aromatic amines is 1. The maximum absolute atomic E-state index is 11.2. The summed E-state index contributed by atoms with van der Waals surface area (Å²) in [5, 5.41) is 1.06. The molecule has 0 fully saturated rings. The monoisotopic (exact) mass is 232 g/mol. The third-order valence-electron chi connectivity index (χ3n) is 2.94. The predicted molar refractivity (Wildman–Crippen MR) is 67.2 cm³/mol. The summed E-state index contributed by atoms with van der Waals surface area (Å²) in [5.41, 5.74) is 7.84. The highest BCUT2D eigenvalue weighted by Gasteiger charge is 2.12. The fraction of sp³-hybridized carbons (Fsp3) is 0.308. The van der Waals surface area contributed by atoms with Crippen molar-refractivity contribution >= 4 is 16.7 Å². The largest absolute Gasteiger partial charge is 0.497 e. The van der Waals surface area contributed by atoms with Gasteiger partial charge in [0.1, 0.15) is 11.5 Å². The number of hydrogen-bond donors (Lipinski definition) is 2. The number of fused-ring (bicyclic) bond motifs is 1. The van der Waals surface area contributed by atoms with Gasteiger partial charge in [0.25, 0.3) is 0 Å². The summed E-state index contributed by atoms with van der Waals surface area (Å²) in [5.74, 6) is 0.803. The Morgan fingerprint density at radius 3 is 2.94 bits per heavy atom. The minimum absolute atomic E-state index is 0.00208. The maximum Gasteiger partial charge on any atom is 0.146 e. The molecule has 4 heteroatoms. The van der Waals surface area contributed by atoms with Crippen LogP contribution in [0.5, 0.6) is 5.75 Å². The summed E-state index contributed by atoms with van der Waals surface area (Å²) in [6.45, 7) is 1.51. The molecule has 1 heterocycles. The molecule has 0 bridgehead atoms. The second kappa shape index (κ2) is 4.59. The van der Waals surface area contributed by atoms with Crippen LogP contribution < -0.4 is 10.5 Å². The first-order valence-corrected chi connectivity index (χ1v) is 5.52. The summed E-state index contributed by atoms with van der Waals surface area (Å²) >= 11 is 0. The number of ketones is 1. The normalized spacial score (nSPS) is 12.6. The van der Waals surface area contributed by atoms with E-state index < -0.39 is 6.04 Å². The summed E-state index contributed by atoms with van der Waals surface area (Å²) in [6.07, 6.45) is 2.44. The third kappa shape index (κ3) is 2.31. The topological polar surface area (TPSA) is 68.1 Å². The van der Waals surface area contributed by atoms with Crippen molar-refractivity contribution in [3.63, 3.8) is 0 Å². The summed E-state index contributed by atoms with van der Waals surface area (Å²) in [7, 11) is 1.63. The molecule has 90 valence electrons. The average Bonchev–Trinajstić information content (AvgIpc) is 2.71. The quantitative estimate of drug-likeness (QED) is 0.842. The Kier molecular flexibility index (Phi) is 3.15. The SMILES string of the molecule is COc1ccc2[nH]cc(C[C@H](N)C(C)=O)c2c1. The molecule has 3 N–H and O–H groups in total. The number of Topliss-reactive ketones (excluding diaryl/α,β-unsaturated/α-hetero) is 1. The van der Waals surface area contributed by atoms with Crippen LogP contribution in [0.4, 0.5) is 0 Å². The Balaban J connectivity index is 2.37. The maximum atomic E-state index is 11.2. The van der Waals surface area contributed by atoms with E-state index in [0.717, 1.165) is 22.2 Å². The van der Waals surface area contributed by atoms with E-state index >= 15 is 0 Å². The number of nitrogens with one attached hydrogen (secondary N) is 1. The van der Waals surface area contributed by atoms with E-state index in [1.165, 1.54) is 6.92 Å². The minimum Gasteiger partial charge on any atom is -0.497 e. The van der Waals surface area contributed by atoms with Crippen LogP contribution in [-0.2, 0) is 11.2 Å². The number of carbonyl (C=O) groups is 1. The zero-order chi connectivity index (χ0) is 12.4. The molecule has 0 aliphatic heterocycles. The van der Waals surface area contributed by atoms with E-state index in [9.17, 15) is 4.79 Å². The Bertz CT molecular complexity index is 545. The van der Waals surface area contributed by atoms with Crippen molar-refractivity contribution in [1.82, 2.24) is 4.98 Å². The third-order valence-corrected chi connectivity index (χ3v) is 2.94. The van der Waals surface area contributed by atoms with Gasteiger partial charge in [-0.3, -0.25) is 4.79 Å². The van der Waals surface area contributed by atoms with Crippen LogP contribution in [0.25, 0.3) is 10.9 Å². The molecule has 17 heavy (non-hydrogen) atoms. The molecular formula is C13H16N2O2. The number of methoxy groups -OCH3 is 1. The first kappa shape index (κ1) is 11.7. The molecule has 0 radical (unpaired) electrons. The predicted octanol–water partition coefficient (Wildman–Crippen LogP) is 1.64. The molecule has 0 amide bonds. The molecule has 0 spiro atoms. The first-order chi connectivity index (χ1) is 8.11. The van der Waals surface area contributed by atoms with E-state index in [0.29, 0.717) is 6.42 Å². The fourth-order valence-electron chi connectivity index (χ4n) is 1.83. The van der Waals surface area contributed by atoms with Gasteiger partial charge in [0.05, 0.1) is 13.2 Å². The average molecular weight is 232 g/mol. The highest BCUT2D eigenvalue weighted by Crippen LogP contribution is 2.24. The zero-order valence-corrected chi connectivity index (χ0v) is 9.99. The molecule has 4 nitrogen and oxygen atoms in total. The molecule has 0 aliphatic carbocycles. The molecule has 2 aromatic rings. The number of hydrogen-bond acceptors (Lipinski definition) is 3. The summed E-state index contributed by atoms with van der Waals surface area (Å²) in [6, 6.07) is 5.36. The summed E-state index contributed by atoms with van der Waals surface area (Å²) < 4.78 is 5.19. The van der Waals surface area contributed by atoms with Crippen molar-refractivity contribution in [2.24, 2.45) is 5.73 Å². The van der Waals surface area contributed by atoms with Crippen molar-refractivity contribution in [2.75, 3.05) is 7.11 Å². The Labute approximate surface area is 99.8 Å². The van der Waals surface area contributed by atoms with E-state index in [-0.39, 0.29) is 5.78 Å². The van der Waals surface area contributed by atoms with E-state index in [1.54, 1.807) is 7.11 Å². The van der Waals surface area contributed by atoms with Gasteiger partial charge in [-0.1, -0.05) is 0 Å². The van der Waals surface area contributed by atoms with Gasteiger partial charge in [-0.05, 0) is 37.1 Å². The second-order valence-corrected chi connectivity index (χ2v) is 4.15. The van der Waals surface area contributed by atoms with Crippen LogP contribution in [0, 0.1) is 0 Å². The minimum atomic E-state index is -0.444. The van der Waals surface area contributed by atoms with Gasteiger partial charge in [-0.15, -0.1) is 0 Å². The molecule has 2 rings (SSSR count). The lowest BCUT2D eigenvalue weighted by molar-refractivity contribution is -0.118. The zero-order valence-electron chi connectivity index (χ0n) is 9.99. The van der Waals surface area contributed by atoms with Crippen LogP contribution in [0.3, 0.4) is 0 Å². The number of H-pyrrole nitrogens is 1. The van der Waals surface area contributed by atoms with Crippen LogP contribution in [0.1, 0.15) is 12.5 Å². The Hall–Kier alpha value is -1.81. The number of benzene rings is 1. The van der Waals surface area contributed by atoms with Gasteiger partial charge in [0.15, 0.2) is 0 Å². The lowest BCUT2D eigenvalue weighted by Crippen LogP contribution is -2.30. The van der Waals surface area contributed by atoms with Gasteiger partial charge < -0.3 is 15.5 Å². The molecule has 1 atom stereocenters. The van der Waals surface area contributed by atoms with Crippen molar-refractivity contribution < 1.29 is 9.53 Å². The van der Waals surface area contributed by atoms with Crippen LogP contribution in [0.15, 0.2) is 24.4 Å². The van der Waals surface area contributed by atoms with Gasteiger partial charge >= 0.3 is 0 Å². The van der Waals surface area contributed by atoms with Gasteiger partial charge in [0.2, 0.25) is 0 Å². The second-order valence-electron chi connectivity index (χ2n) is 4.15. The Morgan fingerprint density at radius 1 is 1.53 bits per heavy atom. The number of nitrogens with two attached hydrogens (primary N) is 1. The summed E-state index contributed by atoms with van der Waals surface area (Å²) in [4.78, 5) is 14.3. The molecule has 1 aromatic carbocycles. The number of rotatable bonds is 4. The van der Waals surface area contributed by atoms with E-state index in [2.05, 4.69) is 4.98 Å². The molecule has 0 saturated carbocycles. The highest BCUT2D eigenvalue weighted by atomic mass is 16.5. The fourth-order valence-corrected chi connectivity index (χ4v) is 1.83. The van der Waals surface area contributed by atoms with Crippen molar-refractivity contribution in [2.45, 2.75) is 19.4 Å². The van der Waals surface area contributed by atoms with Crippen LogP contribution in [-0.4, -0.2) is 23.9 Å². The molecule has 0 saturated heterocycles. The van der Waals surface area contributed by atoms with E-state index in [4.69, 9.17) is 10.5 Å². The van der Waals surface area contributed by atoms with Crippen molar-refractivity contribution in [3.05, 3.63) is 30.0 Å². The Morgan fingerprint density at radius 2 is 2.29 bits per heavy atom. The first-order valence-electron chi connectivity index (χ1n) is 5.52. The van der Waals surface area contributed by atoms with Gasteiger partial charge in [-0.2, -0.15) is 0 Å². The van der Waals surface area contributed by atoms with Gasteiger partial charge in [-0.25, -0.2) is 0 Å². The lowest BCUT2D eigenvalue weighted by Gasteiger charge is -2.06. The van der Waals surface area contributed by atoms with Crippen LogP contribution >= 0.6 is 0 Å². The number of ether oxygens (including phenoxy) is 1. The van der Waals surface area contributed by atoms with Crippen molar-refractivity contribution in [3.8, 4) is 5.75 Å². The number of aromatic nitrogens is 1. The standard InChI is InChI=1S/C13H16N2O2/c1-8(16)12(14)5-9-7-15-13-4-3-10(17-2)6-11(9)13/h3-4,6-7,12,15H,5,14H2,1-2H3/t12-/m0/s1. The molecule has 1 aromatic heterocycles. The molecule has 0 unspecified atom stereocenters. The van der Waals surface area contributed by atoms with E-state index in [1.807, 2.05) is 24.4 Å². The molecular weight excluding hydrogens is 216 g/mol. The molecule has 0 aliphatic rings. The highest BCUT2D eigenvalue weighted by molar-refractivity contribution is 5.86. The lowest BCUT2D eigenvalue weighted by atomic mass is 10.0. The van der Waals surface area contributed by atoms with Crippen LogP contribution in [0.2, 0.25) is 0 Å². The smallest absolute Gasteiger partial charge is 0.146 e. The number of carbonyl (C=O) groups excluding carboxylic acids is 1. The van der Waals surface area contributed by atoms with Crippen molar-refractivity contribution in [1.29, 1.82) is 0 Å². The van der Waals surface area contributed by atoms with Gasteiger partial charge in [0, 0.05) is 17.1 Å².